The first-order valence-electron chi connectivity index (χ1n) is 4.76. The minimum absolute atomic E-state index is 0.0231. The van der Waals surface area contributed by atoms with Gasteiger partial charge in [-0.2, -0.15) is 13.2 Å². The van der Waals surface area contributed by atoms with E-state index in [4.69, 9.17) is 0 Å². The maximum atomic E-state index is 12.4. The van der Waals surface area contributed by atoms with Gasteiger partial charge in [-0.05, 0) is 35.4 Å². The molecule has 88 valence electrons. The summed E-state index contributed by atoms with van der Waals surface area (Å²) in [7, 11) is 0. The van der Waals surface area contributed by atoms with E-state index in [1.54, 1.807) is 0 Å². The lowest BCUT2D eigenvalue weighted by Gasteiger charge is -2.25. The summed E-state index contributed by atoms with van der Waals surface area (Å²) in [6, 6.07) is -0.0231. The Morgan fingerprint density at radius 2 is 2.12 bits per heavy atom. The minimum atomic E-state index is -4.20. The molecule has 0 aromatic carbocycles. The molecular weight excluding hydrogens is 334 g/mol. The molecule has 0 radical (unpaired) electrons. The molecule has 0 amide bonds. The number of anilines is 1. The van der Waals surface area contributed by atoms with Crippen LogP contribution in [0.25, 0.3) is 0 Å². The van der Waals surface area contributed by atoms with Crippen molar-refractivity contribution in [3.05, 3.63) is 16.1 Å². The predicted molar refractivity (Wildman–Crippen MR) is 61.2 cm³/mol. The molecule has 0 unspecified atom stereocenters. The van der Waals surface area contributed by atoms with Gasteiger partial charge in [-0.25, -0.2) is 9.97 Å². The summed E-state index contributed by atoms with van der Waals surface area (Å²) in [4.78, 5) is 9.03. The van der Waals surface area contributed by atoms with Crippen molar-refractivity contribution in [3.63, 3.8) is 0 Å². The Balaban J connectivity index is 2.23. The molecule has 0 bridgehead atoms. The van der Waals surface area contributed by atoms with Crippen LogP contribution in [0.3, 0.4) is 0 Å². The first kappa shape index (κ1) is 11.9. The van der Waals surface area contributed by atoms with Crippen molar-refractivity contribution in [1.82, 2.24) is 9.97 Å². The lowest BCUT2D eigenvalue weighted by Crippen LogP contribution is -2.37. The Morgan fingerprint density at radius 3 is 2.62 bits per heavy atom. The van der Waals surface area contributed by atoms with Crippen molar-refractivity contribution in [2.24, 2.45) is 0 Å². The largest absolute Gasteiger partial charge is 0.405 e. The van der Waals surface area contributed by atoms with E-state index in [9.17, 15) is 13.2 Å². The molecule has 0 atom stereocenters. The van der Waals surface area contributed by atoms with E-state index < -0.39 is 12.7 Å². The number of nitrogens with zero attached hydrogens (tertiary/aromatic N) is 3. The molecule has 1 aliphatic carbocycles. The van der Waals surface area contributed by atoms with Gasteiger partial charge in [0.2, 0.25) is 0 Å². The van der Waals surface area contributed by atoms with Gasteiger partial charge in [0.25, 0.3) is 0 Å². The Labute approximate surface area is 104 Å². The van der Waals surface area contributed by atoms with Crippen LogP contribution in [-0.2, 0) is 0 Å². The highest BCUT2D eigenvalue weighted by Gasteiger charge is 2.39. The van der Waals surface area contributed by atoms with Crippen LogP contribution in [0.15, 0.2) is 12.5 Å². The van der Waals surface area contributed by atoms with Gasteiger partial charge in [0, 0.05) is 12.2 Å². The Bertz CT molecular complexity index is 379. The molecule has 1 aromatic rings. The average molecular weight is 343 g/mol. The van der Waals surface area contributed by atoms with Crippen molar-refractivity contribution < 1.29 is 13.2 Å². The van der Waals surface area contributed by atoms with Gasteiger partial charge in [-0.15, -0.1) is 0 Å². The summed E-state index contributed by atoms with van der Waals surface area (Å²) in [5.74, 6) is 0.385. The molecular formula is C9H9F3IN3. The third-order valence-corrected chi connectivity index (χ3v) is 3.02. The summed E-state index contributed by atoms with van der Waals surface area (Å²) in [5, 5.41) is 0. The SMILES string of the molecule is FC(F)(F)CN(c1ncncc1I)C1CC1. The van der Waals surface area contributed by atoms with Crippen LogP contribution in [0.2, 0.25) is 0 Å². The first-order valence-corrected chi connectivity index (χ1v) is 5.84. The smallest absolute Gasteiger partial charge is 0.344 e. The van der Waals surface area contributed by atoms with Crippen molar-refractivity contribution in [2.45, 2.75) is 25.1 Å². The van der Waals surface area contributed by atoms with E-state index in [0.29, 0.717) is 9.39 Å². The van der Waals surface area contributed by atoms with Crippen molar-refractivity contribution in [2.75, 3.05) is 11.4 Å². The zero-order valence-corrected chi connectivity index (χ0v) is 10.4. The first-order chi connectivity index (χ1) is 7.47. The van der Waals surface area contributed by atoms with E-state index >= 15 is 0 Å². The number of halogens is 4. The zero-order valence-electron chi connectivity index (χ0n) is 8.21. The molecule has 1 aromatic heterocycles. The Hall–Kier alpha value is -0.600. The molecule has 0 spiro atoms. The van der Waals surface area contributed by atoms with Gasteiger partial charge < -0.3 is 4.90 Å². The van der Waals surface area contributed by atoms with Crippen LogP contribution in [0, 0.1) is 3.57 Å². The molecule has 0 N–H and O–H groups in total. The molecule has 7 heteroatoms. The molecule has 2 rings (SSSR count). The summed E-state index contributed by atoms with van der Waals surface area (Å²) in [5.41, 5.74) is 0. The summed E-state index contributed by atoms with van der Waals surface area (Å²) < 4.78 is 37.9. The monoisotopic (exact) mass is 343 g/mol. The average Bonchev–Trinajstić information content (AvgIpc) is 2.97. The van der Waals surface area contributed by atoms with E-state index in [1.807, 2.05) is 22.6 Å². The van der Waals surface area contributed by atoms with Crippen LogP contribution in [0.5, 0.6) is 0 Å². The van der Waals surface area contributed by atoms with Gasteiger partial charge in [0.1, 0.15) is 18.7 Å². The van der Waals surface area contributed by atoms with Gasteiger partial charge in [-0.1, -0.05) is 0 Å². The molecule has 1 fully saturated rings. The summed E-state index contributed by atoms with van der Waals surface area (Å²) in [6.45, 7) is -0.940. The third kappa shape index (κ3) is 2.96. The molecule has 1 heterocycles. The second-order valence-electron chi connectivity index (χ2n) is 3.67. The predicted octanol–water partition coefficient (Wildman–Crippen LogP) is 2.61. The second kappa shape index (κ2) is 4.34. The highest BCUT2D eigenvalue weighted by atomic mass is 127. The van der Waals surface area contributed by atoms with Crippen LogP contribution in [0.1, 0.15) is 12.8 Å². The maximum Gasteiger partial charge on any atom is 0.405 e. The Morgan fingerprint density at radius 1 is 1.44 bits per heavy atom. The molecule has 1 saturated carbocycles. The molecule has 16 heavy (non-hydrogen) atoms. The van der Waals surface area contributed by atoms with Crippen LogP contribution in [-0.4, -0.2) is 28.7 Å². The minimum Gasteiger partial charge on any atom is -0.344 e. The van der Waals surface area contributed by atoms with E-state index in [0.717, 1.165) is 12.8 Å². The molecule has 3 nitrogen and oxygen atoms in total. The molecule has 0 aliphatic heterocycles. The van der Waals surface area contributed by atoms with Crippen LogP contribution >= 0.6 is 22.6 Å². The number of hydrogen-bond acceptors (Lipinski definition) is 3. The Kier molecular flexibility index (Phi) is 3.22. The zero-order chi connectivity index (χ0) is 11.8. The lowest BCUT2D eigenvalue weighted by molar-refractivity contribution is -0.120. The van der Waals surface area contributed by atoms with E-state index in [1.165, 1.54) is 17.4 Å². The fourth-order valence-electron chi connectivity index (χ4n) is 1.47. The van der Waals surface area contributed by atoms with Gasteiger partial charge in [0.05, 0.1) is 3.57 Å². The van der Waals surface area contributed by atoms with Crippen LogP contribution < -0.4 is 4.90 Å². The summed E-state index contributed by atoms with van der Waals surface area (Å²) >= 11 is 1.95. The van der Waals surface area contributed by atoms with Crippen molar-refractivity contribution in [1.29, 1.82) is 0 Å². The highest BCUT2D eigenvalue weighted by molar-refractivity contribution is 14.1. The standard InChI is InChI=1S/C9H9F3IN3/c10-9(11,12)4-16(6-1-2-6)8-7(13)3-14-5-15-8/h3,5-6H,1-2,4H2. The fourth-order valence-corrected chi connectivity index (χ4v) is 2.08. The molecule has 0 saturated heterocycles. The van der Waals surface area contributed by atoms with Gasteiger partial charge in [0.15, 0.2) is 0 Å². The second-order valence-corrected chi connectivity index (χ2v) is 4.83. The van der Waals surface area contributed by atoms with Crippen molar-refractivity contribution >= 4 is 28.4 Å². The quantitative estimate of drug-likeness (QED) is 0.791. The normalized spacial score (nSPS) is 16.2. The van der Waals surface area contributed by atoms with Gasteiger partial charge in [-0.3, -0.25) is 0 Å². The van der Waals surface area contributed by atoms with Gasteiger partial charge >= 0.3 is 6.18 Å². The van der Waals surface area contributed by atoms with Crippen LogP contribution in [0.4, 0.5) is 19.0 Å². The number of rotatable bonds is 3. The maximum absolute atomic E-state index is 12.4. The lowest BCUT2D eigenvalue weighted by atomic mass is 10.4. The highest BCUT2D eigenvalue weighted by Crippen LogP contribution is 2.34. The summed E-state index contributed by atoms with van der Waals surface area (Å²) in [6.07, 6.45) is 0.209. The van der Waals surface area contributed by atoms with E-state index in [2.05, 4.69) is 9.97 Å². The topological polar surface area (TPSA) is 29.0 Å². The molecule has 1 aliphatic rings. The van der Waals surface area contributed by atoms with Crippen molar-refractivity contribution in [3.8, 4) is 0 Å². The fraction of sp³-hybridized carbons (Fsp3) is 0.556. The number of hydrogen-bond donors (Lipinski definition) is 0. The number of alkyl halides is 3. The van der Waals surface area contributed by atoms with E-state index in [-0.39, 0.29) is 6.04 Å². The number of aromatic nitrogens is 2. The third-order valence-electron chi connectivity index (χ3n) is 2.26.